The van der Waals surface area contributed by atoms with Crippen molar-refractivity contribution in [2.45, 2.75) is 16.3 Å². The molecular weight excluding hydrogens is 217 g/mol. The van der Waals surface area contributed by atoms with Gasteiger partial charge in [0.2, 0.25) is 0 Å². The lowest BCUT2D eigenvalue weighted by Gasteiger charge is -2.12. The second-order valence-corrected chi connectivity index (χ2v) is 5.74. The summed E-state index contributed by atoms with van der Waals surface area (Å²) in [5.74, 6) is 0. The van der Waals surface area contributed by atoms with E-state index in [-0.39, 0.29) is 18.0 Å². The molecule has 0 aromatic heterocycles. The molecular formula is C10H12FNO2S. The summed E-state index contributed by atoms with van der Waals surface area (Å²) in [6.07, 6.45) is -1.31. The molecule has 3 nitrogen and oxygen atoms in total. The summed E-state index contributed by atoms with van der Waals surface area (Å²) in [4.78, 5) is 0.196. The third-order valence-corrected chi connectivity index (χ3v) is 4.75. The minimum atomic E-state index is -3.53. The van der Waals surface area contributed by atoms with Crippen LogP contribution in [0.2, 0.25) is 0 Å². The van der Waals surface area contributed by atoms with Gasteiger partial charge < -0.3 is 5.32 Å². The van der Waals surface area contributed by atoms with Crippen molar-refractivity contribution in [2.24, 2.45) is 0 Å². The number of nitrogens with one attached hydrogen (secondary N) is 1. The maximum atomic E-state index is 13.3. The molecule has 1 aromatic carbocycles. The molecule has 1 saturated heterocycles. The molecule has 1 aliphatic heterocycles. The Balaban J connectivity index is 2.35. The molecule has 1 aromatic rings. The lowest BCUT2D eigenvalue weighted by molar-refractivity contribution is 0.360. The third-order valence-electron chi connectivity index (χ3n) is 2.56. The predicted molar refractivity (Wildman–Crippen MR) is 55.2 cm³/mol. The first-order valence-corrected chi connectivity index (χ1v) is 6.31. The van der Waals surface area contributed by atoms with Crippen molar-refractivity contribution in [2.75, 3.05) is 13.1 Å². The van der Waals surface area contributed by atoms with Gasteiger partial charge in [-0.1, -0.05) is 18.2 Å². The van der Waals surface area contributed by atoms with Crippen molar-refractivity contribution in [3.05, 3.63) is 30.3 Å². The molecule has 1 heterocycles. The third kappa shape index (κ3) is 1.89. The van der Waals surface area contributed by atoms with Gasteiger partial charge in [-0.3, -0.25) is 0 Å². The summed E-state index contributed by atoms with van der Waals surface area (Å²) in [7, 11) is -3.53. The van der Waals surface area contributed by atoms with Crippen LogP contribution < -0.4 is 5.32 Å². The highest BCUT2D eigenvalue weighted by molar-refractivity contribution is 7.92. The second-order valence-electron chi connectivity index (χ2n) is 3.57. The first kappa shape index (κ1) is 10.6. The molecule has 0 saturated carbocycles. The predicted octanol–water partition coefficient (Wildman–Crippen LogP) is 0.770. The fraction of sp³-hybridized carbons (Fsp3) is 0.400. The van der Waals surface area contributed by atoms with Gasteiger partial charge in [-0.15, -0.1) is 0 Å². The molecule has 0 spiro atoms. The fourth-order valence-corrected chi connectivity index (χ4v) is 3.42. The van der Waals surface area contributed by atoms with Gasteiger partial charge in [-0.25, -0.2) is 12.8 Å². The molecule has 1 aliphatic rings. The van der Waals surface area contributed by atoms with Crippen LogP contribution in [0, 0.1) is 0 Å². The average molecular weight is 229 g/mol. The van der Waals surface area contributed by atoms with Crippen LogP contribution in [0.4, 0.5) is 4.39 Å². The molecule has 2 atom stereocenters. The fourth-order valence-electron chi connectivity index (χ4n) is 1.71. The molecule has 2 rings (SSSR count). The highest BCUT2D eigenvalue weighted by Gasteiger charge is 2.38. The lowest BCUT2D eigenvalue weighted by Crippen LogP contribution is -2.30. The number of alkyl halides is 1. The van der Waals surface area contributed by atoms with Gasteiger partial charge in [0.25, 0.3) is 0 Å². The van der Waals surface area contributed by atoms with E-state index in [1.165, 1.54) is 12.1 Å². The van der Waals surface area contributed by atoms with Gasteiger partial charge in [0, 0.05) is 13.1 Å². The zero-order valence-corrected chi connectivity index (χ0v) is 8.87. The van der Waals surface area contributed by atoms with E-state index in [1.54, 1.807) is 18.2 Å². The molecule has 0 aliphatic carbocycles. The van der Waals surface area contributed by atoms with E-state index in [2.05, 4.69) is 5.32 Å². The van der Waals surface area contributed by atoms with Gasteiger partial charge >= 0.3 is 0 Å². The van der Waals surface area contributed by atoms with Crippen LogP contribution in [0.25, 0.3) is 0 Å². The highest BCUT2D eigenvalue weighted by Crippen LogP contribution is 2.21. The summed E-state index contributed by atoms with van der Waals surface area (Å²) in [6, 6.07) is 8.02. The van der Waals surface area contributed by atoms with E-state index in [0.29, 0.717) is 0 Å². The van der Waals surface area contributed by atoms with Crippen molar-refractivity contribution in [3.63, 3.8) is 0 Å². The Labute approximate surface area is 88.2 Å². The second kappa shape index (κ2) is 3.90. The van der Waals surface area contributed by atoms with E-state index < -0.39 is 21.3 Å². The van der Waals surface area contributed by atoms with Gasteiger partial charge in [0.15, 0.2) is 9.84 Å². The number of halogens is 1. The highest BCUT2D eigenvalue weighted by atomic mass is 32.2. The number of hydrogen-bond acceptors (Lipinski definition) is 3. The molecule has 1 fully saturated rings. The van der Waals surface area contributed by atoms with Crippen molar-refractivity contribution in [1.82, 2.24) is 5.32 Å². The number of rotatable bonds is 2. The standard InChI is InChI=1S/C10H12FNO2S/c11-9-6-12-7-10(9)15(13,14)8-4-2-1-3-5-8/h1-5,9-10,12H,6-7H2. The molecule has 0 amide bonds. The van der Waals surface area contributed by atoms with Crippen molar-refractivity contribution < 1.29 is 12.8 Å². The van der Waals surface area contributed by atoms with E-state index in [9.17, 15) is 12.8 Å². The lowest BCUT2D eigenvalue weighted by atomic mass is 10.3. The van der Waals surface area contributed by atoms with Crippen LogP contribution in [0.1, 0.15) is 0 Å². The smallest absolute Gasteiger partial charge is 0.185 e. The van der Waals surface area contributed by atoms with Gasteiger partial charge in [0.05, 0.1) is 4.90 Å². The normalized spacial score (nSPS) is 26.7. The minimum Gasteiger partial charge on any atom is -0.312 e. The summed E-state index contributed by atoms with van der Waals surface area (Å²) in [5, 5.41) is 1.80. The van der Waals surface area contributed by atoms with Gasteiger partial charge in [-0.2, -0.15) is 0 Å². The van der Waals surface area contributed by atoms with E-state index >= 15 is 0 Å². The zero-order valence-electron chi connectivity index (χ0n) is 8.06. The average Bonchev–Trinajstić information content (AvgIpc) is 2.66. The van der Waals surface area contributed by atoms with Gasteiger partial charge in [-0.05, 0) is 12.1 Å². The first-order chi connectivity index (χ1) is 7.12. The molecule has 5 heteroatoms. The van der Waals surface area contributed by atoms with E-state index in [4.69, 9.17) is 0 Å². The molecule has 0 radical (unpaired) electrons. The maximum Gasteiger partial charge on any atom is 0.185 e. The topological polar surface area (TPSA) is 46.2 Å². The maximum absolute atomic E-state index is 13.3. The molecule has 82 valence electrons. The van der Waals surface area contributed by atoms with Crippen LogP contribution in [0.3, 0.4) is 0 Å². The van der Waals surface area contributed by atoms with Crippen LogP contribution in [0.5, 0.6) is 0 Å². The monoisotopic (exact) mass is 229 g/mol. The molecule has 0 bridgehead atoms. The summed E-state index contributed by atoms with van der Waals surface area (Å²) in [6.45, 7) is 0.315. The van der Waals surface area contributed by atoms with Crippen molar-refractivity contribution in [3.8, 4) is 0 Å². The Kier molecular flexibility index (Phi) is 2.75. The Bertz CT molecular complexity index is 432. The van der Waals surface area contributed by atoms with Crippen LogP contribution in [-0.4, -0.2) is 32.9 Å². The zero-order chi connectivity index (χ0) is 10.9. The summed E-state index contributed by atoms with van der Waals surface area (Å²) < 4.78 is 37.3. The van der Waals surface area contributed by atoms with Crippen molar-refractivity contribution in [1.29, 1.82) is 0 Å². The van der Waals surface area contributed by atoms with Crippen LogP contribution in [-0.2, 0) is 9.84 Å². The number of benzene rings is 1. The first-order valence-electron chi connectivity index (χ1n) is 4.76. The van der Waals surface area contributed by atoms with Crippen LogP contribution >= 0.6 is 0 Å². The summed E-state index contributed by atoms with van der Waals surface area (Å²) >= 11 is 0. The van der Waals surface area contributed by atoms with E-state index in [0.717, 1.165) is 0 Å². The Morgan fingerprint density at radius 2 is 1.87 bits per heavy atom. The Morgan fingerprint density at radius 1 is 1.20 bits per heavy atom. The minimum absolute atomic E-state index is 0.122. The Morgan fingerprint density at radius 3 is 2.40 bits per heavy atom. The summed E-state index contributed by atoms with van der Waals surface area (Å²) in [5.41, 5.74) is 0. The number of sulfone groups is 1. The van der Waals surface area contributed by atoms with E-state index in [1.807, 2.05) is 0 Å². The number of hydrogen-bond donors (Lipinski definition) is 1. The Hall–Kier alpha value is -0.940. The quantitative estimate of drug-likeness (QED) is 0.814. The van der Waals surface area contributed by atoms with Crippen LogP contribution in [0.15, 0.2) is 35.2 Å². The molecule has 15 heavy (non-hydrogen) atoms. The largest absolute Gasteiger partial charge is 0.312 e. The van der Waals surface area contributed by atoms with Gasteiger partial charge in [0.1, 0.15) is 11.4 Å². The molecule has 1 N–H and O–H groups in total. The van der Waals surface area contributed by atoms with Crippen molar-refractivity contribution >= 4 is 9.84 Å². The molecule has 2 unspecified atom stereocenters. The SMILES string of the molecule is O=S(=O)(c1ccccc1)C1CNCC1F.